The van der Waals surface area contributed by atoms with E-state index in [0.29, 0.717) is 15.6 Å². The number of nitrogens with zero attached hydrogens (tertiary/aromatic N) is 5. The number of rotatable bonds is 3. The summed E-state index contributed by atoms with van der Waals surface area (Å²) in [6.07, 6.45) is 9.31. The van der Waals surface area contributed by atoms with E-state index in [1.807, 2.05) is 0 Å². The molecule has 0 bridgehead atoms. The van der Waals surface area contributed by atoms with Crippen LogP contribution >= 0.6 is 11.8 Å². The van der Waals surface area contributed by atoms with Crippen molar-refractivity contribution in [2.75, 3.05) is 18.0 Å². The zero-order valence-electron chi connectivity index (χ0n) is 16.3. The molecule has 0 radical (unpaired) electrons. The van der Waals surface area contributed by atoms with E-state index >= 15 is 0 Å². The van der Waals surface area contributed by atoms with E-state index in [-0.39, 0.29) is 17.3 Å². The SMILES string of the molecule is Cc1nccc(Sc2cnc(N3CCC4(CC3)Cn3cccc3[C@H]4N)cn2)c1F. The Bertz CT molecular complexity index is 1030. The molecular formula is C21H23FN6S. The van der Waals surface area contributed by atoms with Crippen LogP contribution < -0.4 is 10.6 Å². The highest BCUT2D eigenvalue weighted by molar-refractivity contribution is 7.99. The van der Waals surface area contributed by atoms with Crippen LogP contribution in [0.25, 0.3) is 0 Å². The van der Waals surface area contributed by atoms with E-state index in [0.717, 1.165) is 38.3 Å². The molecule has 2 aliphatic rings. The lowest BCUT2D eigenvalue weighted by Gasteiger charge is -2.41. The third-order valence-corrected chi connectivity index (χ3v) is 7.22. The van der Waals surface area contributed by atoms with Gasteiger partial charge in [0.1, 0.15) is 10.8 Å². The summed E-state index contributed by atoms with van der Waals surface area (Å²) in [5.41, 5.74) is 8.38. The predicted molar refractivity (Wildman–Crippen MR) is 110 cm³/mol. The maximum absolute atomic E-state index is 14.2. The monoisotopic (exact) mass is 410 g/mol. The maximum atomic E-state index is 14.2. The number of fused-ring (bicyclic) bond motifs is 1. The Morgan fingerprint density at radius 2 is 2.00 bits per heavy atom. The van der Waals surface area contributed by atoms with Crippen molar-refractivity contribution in [2.45, 2.75) is 42.3 Å². The van der Waals surface area contributed by atoms with Gasteiger partial charge >= 0.3 is 0 Å². The van der Waals surface area contributed by atoms with Crippen LogP contribution in [0.15, 0.2) is 52.9 Å². The van der Waals surface area contributed by atoms with Gasteiger partial charge in [-0.15, -0.1) is 0 Å². The Morgan fingerprint density at radius 3 is 2.72 bits per heavy atom. The average Bonchev–Trinajstić information content (AvgIpc) is 3.28. The number of aryl methyl sites for hydroxylation is 1. The second kappa shape index (κ2) is 7.11. The van der Waals surface area contributed by atoms with Crippen molar-refractivity contribution in [1.29, 1.82) is 0 Å². The van der Waals surface area contributed by atoms with Gasteiger partial charge in [-0.3, -0.25) is 4.98 Å². The van der Waals surface area contributed by atoms with E-state index in [1.54, 1.807) is 31.6 Å². The molecule has 0 saturated carbocycles. The number of hydrogen-bond donors (Lipinski definition) is 1. The fourth-order valence-electron chi connectivity index (χ4n) is 4.50. The molecule has 1 saturated heterocycles. The zero-order valence-corrected chi connectivity index (χ0v) is 17.1. The van der Waals surface area contributed by atoms with Crippen molar-refractivity contribution in [3.8, 4) is 0 Å². The van der Waals surface area contributed by atoms with E-state index in [9.17, 15) is 4.39 Å². The van der Waals surface area contributed by atoms with Gasteiger partial charge in [0, 0.05) is 43.1 Å². The van der Waals surface area contributed by atoms with Gasteiger partial charge in [0.25, 0.3) is 0 Å². The van der Waals surface area contributed by atoms with E-state index < -0.39 is 0 Å². The minimum atomic E-state index is -0.303. The molecular weight excluding hydrogens is 387 g/mol. The van der Waals surface area contributed by atoms with Gasteiger partial charge in [0.15, 0.2) is 5.82 Å². The Hall–Kier alpha value is -2.45. The van der Waals surface area contributed by atoms with Crippen molar-refractivity contribution in [2.24, 2.45) is 11.1 Å². The molecule has 3 aromatic heterocycles. The summed E-state index contributed by atoms with van der Waals surface area (Å²) >= 11 is 1.27. The Morgan fingerprint density at radius 1 is 1.17 bits per heavy atom. The minimum Gasteiger partial charge on any atom is -0.355 e. The number of hydrogen-bond acceptors (Lipinski definition) is 6. The lowest BCUT2D eigenvalue weighted by molar-refractivity contribution is 0.174. The molecule has 2 N–H and O–H groups in total. The highest BCUT2D eigenvalue weighted by atomic mass is 32.2. The first-order valence-electron chi connectivity index (χ1n) is 9.82. The van der Waals surface area contributed by atoms with Gasteiger partial charge in [-0.25, -0.2) is 14.4 Å². The molecule has 0 aromatic carbocycles. The highest BCUT2D eigenvalue weighted by Gasteiger charge is 2.46. The van der Waals surface area contributed by atoms with Crippen LogP contribution in [0.4, 0.5) is 10.2 Å². The largest absolute Gasteiger partial charge is 0.355 e. The van der Waals surface area contributed by atoms with E-state index in [1.165, 1.54) is 17.5 Å². The molecule has 150 valence electrons. The van der Waals surface area contributed by atoms with Crippen LogP contribution in [0.3, 0.4) is 0 Å². The predicted octanol–water partition coefficient (Wildman–Crippen LogP) is 3.57. The molecule has 0 amide bonds. The summed E-state index contributed by atoms with van der Waals surface area (Å²) < 4.78 is 16.5. The molecule has 2 aliphatic heterocycles. The molecule has 29 heavy (non-hydrogen) atoms. The summed E-state index contributed by atoms with van der Waals surface area (Å²) in [5.74, 6) is 0.560. The third kappa shape index (κ3) is 3.20. The second-order valence-corrected chi connectivity index (χ2v) is 8.97. The van der Waals surface area contributed by atoms with Gasteiger partial charge in [-0.2, -0.15) is 0 Å². The molecule has 6 nitrogen and oxygen atoms in total. The Kier molecular flexibility index (Phi) is 4.55. The maximum Gasteiger partial charge on any atom is 0.158 e. The summed E-state index contributed by atoms with van der Waals surface area (Å²) in [5, 5.41) is 0.670. The number of aromatic nitrogens is 4. The molecule has 3 aromatic rings. The molecule has 5 rings (SSSR count). The first-order valence-corrected chi connectivity index (χ1v) is 10.6. The second-order valence-electron chi connectivity index (χ2n) is 7.91. The van der Waals surface area contributed by atoms with Crippen molar-refractivity contribution in [3.05, 3.63) is 60.2 Å². The molecule has 0 aliphatic carbocycles. The molecule has 8 heteroatoms. The minimum absolute atomic E-state index is 0.100. The van der Waals surface area contributed by atoms with Gasteiger partial charge in [-0.1, -0.05) is 11.8 Å². The first kappa shape index (κ1) is 18.6. The fraction of sp³-hybridized carbons (Fsp3) is 0.381. The lowest BCUT2D eigenvalue weighted by Crippen LogP contribution is -2.44. The van der Waals surface area contributed by atoms with Gasteiger partial charge in [-0.05, 0) is 38.0 Å². The molecule has 1 spiro atoms. The molecule has 0 unspecified atom stereocenters. The van der Waals surface area contributed by atoms with Crippen LogP contribution in [0, 0.1) is 18.2 Å². The number of pyridine rings is 1. The third-order valence-electron chi connectivity index (χ3n) is 6.27. The van der Waals surface area contributed by atoms with Crippen LogP contribution in [-0.2, 0) is 6.54 Å². The molecule has 1 fully saturated rings. The van der Waals surface area contributed by atoms with Crippen LogP contribution in [-0.4, -0.2) is 32.6 Å². The quantitative estimate of drug-likeness (QED) is 0.712. The summed E-state index contributed by atoms with van der Waals surface area (Å²) in [7, 11) is 0. The number of anilines is 1. The summed E-state index contributed by atoms with van der Waals surface area (Å²) in [6, 6.07) is 5.98. The topological polar surface area (TPSA) is 72.9 Å². The van der Waals surface area contributed by atoms with Crippen LogP contribution in [0.2, 0.25) is 0 Å². The molecule has 1 atom stereocenters. The standard InChI is InChI=1S/C21H23FN6S/c1-14-19(22)16(4-7-24-14)29-18-12-25-17(11-26-18)27-9-5-21(6-10-27)13-28-8-2-3-15(28)20(21)23/h2-4,7-8,11-12,20H,5-6,9-10,13,23H2,1H3/t20-/m1/s1. The van der Waals surface area contributed by atoms with Gasteiger partial charge in [0.2, 0.25) is 0 Å². The summed E-state index contributed by atoms with van der Waals surface area (Å²) in [6.45, 7) is 4.49. The van der Waals surface area contributed by atoms with E-state index in [4.69, 9.17) is 5.73 Å². The highest BCUT2D eigenvalue weighted by Crippen LogP contribution is 2.48. The Balaban J connectivity index is 1.25. The smallest absolute Gasteiger partial charge is 0.158 e. The Labute approximate surface area is 173 Å². The van der Waals surface area contributed by atoms with Gasteiger partial charge in [0.05, 0.1) is 29.0 Å². The van der Waals surface area contributed by atoms with Crippen LogP contribution in [0.5, 0.6) is 0 Å². The normalized spacial score (nSPS) is 20.2. The summed E-state index contributed by atoms with van der Waals surface area (Å²) in [4.78, 5) is 15.8. The van der Waals surface area contributed by atoms with Crippen molar-refractivity contribution in [1.82, 2.24) is 19.5 Å². The van der Waals surface area contributed by atoms with Crippen LogP contribution in [0.1, 0.15) is 30.3 Å². The number of piperidine rings is 1. The molecule has 5 heterocycles. The first-order chi connectivity index (χ1) is 14.1. The van der Waals surface area contributed by atoms with Crippen molar-refractivity contribution >= 4 is 17.6 Å². The number of halogens is 1. The lowest BCUT2D eigenvalue weighted by atomic mass is 9.73. The van der Waals surface area contributed by atoms with Crippen molar-refractivity contribution in [3.63, 3.8) is 0 Å². The average molecular weight is 411 g/mol. The zero-order chi connectivity index (χ0) is 20.0. The van der Waals surface area contributed by atoms with Gasteiger partial charge < -0.3 is 15.2 Å². The number of nitrogens with two attached hydrogens (primary N) is 1. The van der Waals surface area contributed by atoms with E-state index in [2.05, 4.69) is 42.7 Å². The fourth-order valence-corrected chi connectivity index (χ4v) is 5.30. The van der Waals surface area contributed by atoms with Crippen molar-refractivity contribution < 1.29 is 4.39 Å².